The molecule has 0 aliphatic rings. The van der Waals surface area contributed by atoms with Crippen LogP contribution in [0.4, 0.5) is 5.95 Å². The third kappa shape index (κ3) is 3.28. The van der Waals surface area contributed by atoms with E-state index in [0.29, 0.717) is 11.9 Å². The first-order chi connectivity index (χ1) is 8.25. The molecule has 1 aromatic heterocycles. The largest absolute Gasteiger partial charge is 0.350 e. The SMILES string of the molecule is CC(C)c1cccc(CNc2ncccn2)c1. The summed E-state index contributed by atoms with van der Waals surface area (Å²) in [5.74, 6) is 1.23. The summed E-state index contributed by atoms with van der Waals surface area (Å²) in [6.07, 6.45) is 3.47. The van der Waals surface area contributed by atoms with Gasteiger partial charge in [0.05, 0.1) is 0 Å². The average molecular weight is 227 g/mol. The minimum atomic E-state index is 0.558. The highest BCUT2D eigenvalue weighted by atomic mass is 15.1. The lowest BCUT2D eigenvalue weighted by Gasteiger charge is -2.08. The second kappa shape index (κ2) is 5.43. The molecule has 0 bridgehead atoms. The Hall–Kier alpha value is -1.90. The molecule has 1 heterocycles. The van der Waals surface area contributed by atoms with Crippen molar-refractivity contribution in [3.8, 4) is 0 Å². The van der Waals surface area contributed by atoms with E-state index in [9.17, 15) is 0 Å². The van der Waals surface area contributed by atoms with Gasteiger partial charge in [-0.2, -0.15) is 0 Å². The summed E-state index contributed by atoms with van der Waals surface area (Å²) in [6.45, 7) is 5.16. The number of nitrogens with zero attached hydrogens (tertiary/aromatic N) is 2. The summed E-state index contributed by atoms with van der Waals surface area (Å²) in [6, 6.07) is 10.4. The fourth-order valence-electron chi connectivity index (χ4n) is 1.63. The van der Waals surface area contributed by atoms with E-state index in [1.807, 2.05) is 6.07 Å². The van der Waals surface area contributed by atoms with Gasteiger partial charge < -0.3 is 5.32 Å². The molecular formula is C14H17N3. The zero-order chi connectivity index (χ0) is 12.1. The van der Waals surface area contributed by atoms with Gasteiger partial charge >= 0.3 is 0 Å². The Morgan fingerprint density at radius 3 is 2.59 bits per heavy atom. The molecule has 0 unspecified atom stereocenters. The van der Waals surface area contributed by atoms with Gasteiger partial charge in [0.1, 0.15) is 0 Å². The Balaban J connectivity index is 2.02. The topological polar surface area (TPSA) is 37.8 Å². The zero-order valence-electron chi connectivity index (χ0n) is 10.2. The molecule has 0 saturated heterocycles. The highest BCUT2D eigenvalue weighted by molar-refractivity contribution is 5.30. The molecule has 3 nitrogen and oxygen atoms in total. The Bertz CT molecular complexity index is 466. The molecule has 2 aromatic rings. The lowest BCUT2D eigenvalue weighted by Crippen LogP contribution is -2.03. The highest BCUT2D eigenvalue weighted by Crippen LogP contribution is 2.15. The van der Waals surface area contributed by atoms with Crippen molar-refractivity contribution in [2.24, 2.45) is 0 Å². The summed E-state index contributed by atoms with van der Waals surface area (Å²) in [5.41, 5.74) is 2.61. The first kappa shape index (κ1) is 11.6. The zero-order valence-corrected chi connectivity index (χ0v) is 10.2. The van der Waals surface area contributed by atoms with Gasteiger partial charge in [0, 0.05) is 18.9 Å². The first-order valence-corrected chi connectivity index (χ1v) is 5.85. The molecule has 0 atom stereocenters. The van der Waals surface area contributed by atoms with Crippen molar-refractivity contribution in [2.75, 3.05) is 5.32 Å². The van der Waals surface area contributed by atoms with Crippen molar-refractivity contribution >= 4 is 5.95 Å². The molecule has 0 saturated carbocycles. The van der Waals surface area contributed by atoms with Crippen LogP contribution in [0.1, 0.15) is 30.9 Å². The van der Waals surface area contributed by atoms with E-state index < -0.39 is 0 Å². The number of hydrogen-bond donors (Lipinski definition) is 1. The third-order valence-electron chi connectivity index (χ3n) is 2.63. The van der Waals surface area contributed by atoms with E-state index in [1.54, 1.807) is 12.4 Å². The molecule has 0 amide bonds. The van der Waals surface area contributed by atoms with Gasteiger partial charge in [0.2, 0.25) is 5.95 Å². The molecule has 3 heteroatoms. The van der Waals surface area contributed by atoms with Crippen LogP contribution in [0, 0.1) is 0 Å². The molecule has 1 aromatic carbocycles. The van der Waals surface area contributed by atoms with Gasteiger partial charge in [-0.25, -0.2) is 9.97 Å². The van der Waals surface area contributed by atoms with Crippen molar-refractivity contribution in [3.05, 3.63) is 53.9 Å². The van der Waals surface area contributed by atoms with Crippen LogP contribution >= 0.6 is 0 Å². The van der Waals surface area contributed by atoms with Crippen LogP contribution in [-0.2, 0) is 6.54 Å². The predicted octanol–water partition coefficient (Wildman–Crippen LogP) is 3.21. The quantitative estimate of drug-likeness (QED) is 0.871. The van der Waals surface area contributed by atoms with Crippen LogP contribution in [0.3, 0.4) is 0 Å². The van der Waals surface area contributed by atoms with Crippen LogP contribution in [0.5, 0.6) is 0 Å². The van der Waals surface area contributed by atoms with Crippen LogP contribution in [0.2, 0.25) is 0 Å². The van der Waals surface area contributed by atoms with Gasteiger partial charge in [-0.1, -0.05) is 38.1 Å². The van der Waals surface area contributed by atoms with Crippen LogP contribution in [-0.4, -0.2) is 9.97 Å². The van der Waals surface area contributed by atoms with Gasteiger partial charge in [0.15, 0.2) is 0 Å². The fourth-order valence-corrected chi connectivity index (χ4v) is 1.63. The minimum absolute atomic E-state index is 0.558. The Labute approximate surface area is 102 Å². The fraction of sp³-hybridized carbons (Fsp3) is 0.286. The number of hydrogen-bond acceptors (Lipinski definition) is 3. The van der Waals surface area contributed by atoms with E-state index in [2.05, 4.69) is 53.4 Å². The van der Waals surface area contributed by atoms with Gasteiger partial charge in [-0.05, 0) is 23.1 Å². The predicted molar refractivity (Wildman–Crippen MR) is 69.9 cm³/mol. The lowest BCUT2D eigenvalue weighted by molar-refractivity contribution is 0.862. The average Bonchev–Trinajstić information content (AvgIpc) is 2.38. The number of nitrogens with one attached hydrogen (secondary N) is 1. The summed E-state index contributed by atoms with van der Waals surface area (Å²) in [4.78, 5) is 8.26. The second-order valence-corrected chi connectivity index (χ2v) is 4.33. The molecule has 0 fully saturated rings. The van der Waals surface area contributed by atoms with Crippen LogP contribution in [0.15, 0.2) is 42.7 Å². The van der Waals surface area contributed by atoms with Crippen molar-refractivity contribution < 1.29 is 0 Å². The van der Waals surface area contributed by atoms with Crippen LogP contribution in [0.25, 0.3) is 0 Å². The van der Waals surface area contributed by atoms with Crippen molar-refractivity contribution in [1.82, 2.24) is 9.97 Å². The summed E-state index contributed by atoms with van der Waals surface area (Å²) >= 11 is 0. The van der Waals surface area contributed by atoms with Gasteiger partial charge in [-0.15, -0.1) is 0 Å². The van der Waals surface area contributed by atoms with E-state index >= 15 is 0 Å². The molecule has 0 aliphatic carbocycles. The van der Waals surface area contributed by atoms with Crippen molar-refractivity contribution in [3.63, 3.8) is 0 Å². The van der Waals surface area contributed by atoms with Gasteiger partial charge in [-0.3, -0.25) is 0 Å². The normalized spacial score (nSPS) is 10.5. The lowest BCUT2D eigenvalue weighted by atomic mass is 10.0. The molecule has 1 N–H and O–H groups in total. The Morgan fingerprint density at radius 1 is 1.12 bits per heavy atom. The maximum atomic E-state index is 4.13. The highest BCUT2D eigenvalue weighted by Gasteiger charge is 2.00. The van der Waals surface area contributed by atoms with Crippen LogP contribution < -0.4 is 5.32 Å². The standard InChI is InChI=1S/C14H17N3/c1-11(2)13-6-3-5-12(9-13)10-17-14-15-7-4-8-16-14/h3-9,11H,10H2,1-2H3,(H,15,16,17). The van der Waals surface area contributed by atoms with E-state index in [1.165, 1.54) is 11.1 Å². The minimum Gasteiger partial charge on any atom is -0.350 e. The molecule has 88 valence electrons. The summed E-state index contributed by atoms with van der Waals surface area (Å²) in [7, 11) is 0. The smallest absolute Gasteiger partial charge is 0.222 e. The molecule has 17 heavy (non-hydrogen) atoms. The summed E-state index contributed by atoms with van der Waals surface area (Å²) < 4.78 is 0. The monoisotopic (exact) mass is 227 g/mol. The maximum absolute atomic E-state index is 4.13. The number of benzene rings is 1. The van der Waals surface area contributed by atoms with Crippen molar-refractivity contribution in [1.29, 1.82) is 0 Å². The Morgan fingerprint density at radius 2 is 1.88 bits per heavy atom. The second-order valence-electron chi connectivity index (χ2n) is 4.33. The first-order valence-electron chi connectivity index (χ1n) is 5.85. The van der Waals surface area contributed by atoms with E-state index in [-0.39, 0.29) is 0 Å². The molecule has 2 rings (SSSR count). The van der Waals surface area contributed by atoms with Gasteiger partial charge in [0.25, 0.3) is 0 Å². The molecule has 0 spiro atoms. The van der Waals surface area contributed by atoms with Crippen molar-refractivity contribution in [2.45, 2.75) is 26.3 Å². The van der Waals surface area contributed by atoms with E-state index in [0.717, 1.165) is 6.54 Å². The Kier molecular flexibility index (Phi) is 3.70. The van der Waals surface area contributed by atoms with E-state index in [4.69, 9.17) is 0 Å². The summed E-state index contributed by atoms with van der Waals surface area (Å²) in [5, 5.41) is 3.20. The number of aromatic nitrogens is 2. The number of rotatable bonds is 4. The number of anilines is 1. The third-order valence-corrected chi connectivity index (χ3v) is 2.63. The molecular weight excluding hydrogens is 210 g/mol. The maximum Gasteiger partial charge on any atom is 0.222 e. The molecule has 0 radical (unpaired) electrons. The molecule has 0 aliphatic heterocycles.